The zero-order valence-corrected chi connectivity index (χ0v) is 7.80. The van der Waals surface area contributed by atoms with Crippen LogP contribution in [0.1, 0.15) is 0 Å². The fourth-order valence-corrected chi connectivity index (χ4v) is 3.02. The summed E-state index contributed by atoms with van der Waals surface area (Å²) in [6.07, 6.45) is 0. The summed E-state index contributed by atoms with van der Waals surface area (Å²) in [4.78, 5) is 0. The van der Waals surface area contributed by atoms with Gasteiger partial charge in [0.25, 0.3) is 10.3 Å². The van der Waals surface area contributed by atoms with Crippen LogP contribution in [0.4, 0.5) is 11.7 Å². The molecule has 1 N–H and O–H groups in total. The van der Waals surface area contributed by atoms with Gasteiger partial charge in [-0.1, -0.05) is 7.77 Å². The van der Waals surface area contributed by atoms with E-state index in [1.54, 1.807) is 0 Å². The second kappa shape index (κ2) is 4.37. The standard InChI is InChI=1S/F3HN2O5S3.Li.H/c1-11(4,6)5(12(2,7)8)13(3,9)10;;/h4H;;. The van der Waals surface area contributed by atoms with Crippen molar-refractivity contribution in [3.63, 3.8) is 0 Å². The predicted octanol–water partition coefficient (Wildman–Crippen LogP) is -1.09. The summed E-state index contributed by atoms with van der Waals surface area (Å²) >= 11 is 0. The van der Waals surface area contributed by atoms with Gasteiger partial charge in [0.05, 0.1) is 3.12 Å². The molecular weight excluding hydrogens is 268 g/mol. The third kappa shape index (κ3) is 4.62. The Bertz CT molecular complexity index is 412. The van der Waals surface area contributed by atoms with E-state index in [0.29, 0.717) is 0 Å². The topological polar surface area (TPSA) is 112 Å². The first kappa shape index (κ1) is 16.6. The molecule has 0 aliphatic rings. The van der Waals surface area contributed by atoms with Crippen molar-refractivity contribution in [1.82, 2.24) is 3.12 Å². The molecule has 0 aliphatic heterocycles. The van der Waals surface area contributed by atoms with Crippen LogP contribution in [0, 0.1) is 4.78 Å². The Balaban J connectivity index is 0. The maximum absolute atomic E-state index is 11.9. The van der Waals surface area contributed by atoms with Crippen LogP contribution in [-0.2, 0) is 31.1 Å². The van der Waals surface area contributed by atoms with E-state index in [1.165, 1.54) is 0 Å². The first-order valence-electron chi connectivity index (χ1n) is 2.05. The predicted molar refractivity (Wildman–Crippen MR) is 41.0 cm³/mol. The molecule has 0 bridgehead atoms. The van der Waals surface area contributed by atoms with Crippen LogP contribution in [0.5, 0.6) is 0 Å². The molecule has 0 saturated heterocycles. The van der Waals surface area contributed by atoms with Crippen molar-refractivity contribution in [1.29, 1.82) is 4.78 Å². The molecule has 7 nitrogen and oxygen atoms in total. The fraction of sp³-hybridized carbons (Fsp3) is 0. The van der Waals surface area contributed by atoms with E-state index in [0.717, 1.165) is 0 Å². The molecule has 0 heterocycles. The Kier molecular flexibility index (Phi) is 5.19. The monoisotopic (exact) mass is 270 g/mol. The molecule has 0 amide bonds. The van der Waals surface area contributed by atoms with E-state index >= 15 is 0 Å². The summed E-state index contributed by atoms with van der Waals surface area (Å²) in [5, 5.41) is 0. The van der Waals surface area contributed by atoms with Gasteiger partial charge in [-0.25, -0.2) is 4.78 Å². The summed E-state index contributed by atoms with van der Waals surface area (Å²) in [6, 6.07) is 0. The average molecular weight is 270 g/mol. The SMILES string of the molecule is N=S(=O)(F)N(S(=O)(=O)F)S(=O)(=O)F.[LiH]. The van der Waals surface area contributed by atoms with E-state index in [2.05, 4.69) is 0 Å². The second-order valence-corrected chi connectivity index (χ2v) is 5.86. The molecule has 0 radical (unpaired) electrons. The Morgan fingerprint density at radius 2 is 1.07 bits per heavy atom. The van der Waals surface area contributed by atoms with Crippen LogP contribution in [0.3, 0.4) is 0 Å². The molecule has 0 spiro atoms. The molecule has 0 aromatic rings. The molecule has 1 atom stereocenters. The molecule has 0 aliphatic carbocycles. The number of nitrogens with one attached hydrogen (secondary N) is 1. The van der Waals surface area contributed by atoms with Gasteiger partial charge in [0.1, 0.15) is 0 Å². The third-order valence-electron chi connectivity index (χ3n) is 0.548. The second-order valence-electron chi connectivity index (χ2n) is 1.51. The van der Waals surface area contributed by atoms with Crippen molar-refractivity contribution in [3.05, 3.63) is 0 Å². The minimum absolute atomic E-state index is 0. The fourth-order valence-electron chi connectivity index (χ4n) is 0.335. The molecule has 14 heavy (non-hydrogen) atoms. The maximum atomic E-state index is 11.9. The van der Waals surface area contributed by atoms with Gasteiger partial charge in [0.15, 0.2) is 0 Å². The molecule has 1 unspecified atom stereocenters. The van der Waals surface area contributed by atoms with Crippen molar-refractivity contribution < 1.29 is 32.7 Å². The van der Waals surface area contributed by atoms with E-state index < -0.39 is 34.2 Å². The summed E-state index contributed by atoms with van der Waals surface area (Å²) in [5.74, 6) is 0. The summed E-state index contributed by atoms with van der Waals surface area (Å²) < 4.78 is 87.7. The molecule has 0 rings (SSSR count). The zero-order valence-electron chi connectivity index (χ0n) is 5.35. The van der Waals surface area contributed by atoms with Gasteiger partial charge in [-0.05, 0) is 0 Å². The number of rotatable bonds is 3. The van der Waals surface area contributed by atoms with Crippen LogP contribution in [0.15, 0.2) is 0 Å². The summed E-state index contributed by atoms with van der Waals surface area (Å²) in [7, 11) is -19.0. The van der Waals surface area contributed by atoms with E-state index in [4.69, 9.17) is 4.78 Å². The van der Waals surface area contributed by atoms with Crippen molar-refractivity contribution in [2.24, 2.45) is 0 Å². The molecular formula is H2F3LiN2O5S3. The Morgan fingerprint density at radius 3 is 1.07 bits per heavy atom. The van der Waals surface area contributed by atoms with Gasteiger partial charge in [0.2, 0.25) is 0 Å². The average Bonchev–Trinajstić information content (AvgIpc) is 1.44. The van der Waals surface area contributed by atoms with Crippen molar-refractivity contribution in [3.8, 4) is 0 Å². The van der Waals surface area contributed by atoms with Crippen LogP contribution in [0.2, 0.25) is 0 Å². The van der Waals surface area contributed by atoms with E-state index in [1.807, 2.05) is 0 Å². The van der Waals surface area contributed by atoms with Gasteiger partial charge in [-0.15, -0.1) is 3.89 Å². The van der Waals surface area contributed by atoms with Gasteiger partial charge in [0, 0.05) is 0 Å². The van der Waals surface area contributed by atoms with Crippen LogP contribution in [0.25, 0.3) is 0 Å². The van der Waals surface area contributed by atoms with Crippen molar-refractivity contribution in [2.45, 2.75) is 0 Å². The first-order valence-corrected chi connectivity index (χ1v) is 6.14. The number of nitrogens with zero attached hydrogens (tertiary/aromatic N) is 1. The zero-order chi connectivity index (χ0) is 11.1. The van der Waals surface area contributed by atoms with E-state index in [9.17, 15) is 32.7 Å². The number of halogens is 3. The van der Waals surface area contributed by atoms with Crippen molar-refractivity contribution >= 4 is 50.0 Å². The summed E-state index contributed by atoms with van der Waals surface area (Å²) in [5.41, 5.74) is 0. The van der Waals surface area contributed by atoms with Crippen LogP contribution >= 0.6 is 0 Å². The molecule has 0 fully saturated rings. The van der Waals surface area contributed by atoms with Crippen LogP contribution in [-0.4, -0.2) is 43.0 Å². The molecule has 82 valence electrons. The molecule has 0 aromatic heterocycles. The van der Waals surface area contributed by atoms with E-state index in [-0.39, 0.29) is 18.9 Å². The number of hydrogen-bond donors (Lipinski definition) is 1. The first-order chi connectivity index (χ1) is 5.37. The molecule has 0 aromatic carbocycles. The Hall–Kier alpha value is 0.197. The normalized spacial score (nSPS) is 17.1. The van der Waals surface area contributed by atoms with Crippen molar-refractivity contribution in [2.75, 3.05) is 0 Å². The molecule has 0 saturated carbocycles. The quantitative estimate of drug-likeness (QED) is 0.517. The third-order valence-corrected chi connectivity index (χ3v) is 4.93. The molecule has 14 heteroatoms. The van der Waals surface area contributed by atoms with Gasteiger partial charge in [-0.3, -0.25) is 0 Å². The van der Waals surface area contributed by atoms with Gasteiger partial charge >= 0.3 is 39.7 Å². The van der Waals surface area contributed by atoms with Gasteiger partial charge < -0.3 is 0 Å². The van der Waals surface area contributed by atoms with Crippen LogP contribution < -0.4 is 0 Å². The minimum atomic E-state index is -6.45. The summed E-state index contributed by atoms with van der Waals surface area (Å²) in [6.45, 7) is 0. The van der Waals surface area contributed by atoms with Gasteiger partial charge in [-0.2, -0.15) is 21.0 Å². The Labute approximate surface area is 90.5 Å². The Morgan fingerprint density at radius 1 is 0.857 bits per heavy atom. The number of hydrogen-bond acceptors (Lipinski definition) is 6.